The van der Waals surface area contributed by atoms with Crippen LogP contribution in [0.25, 0.3) is 0 Å². The Morgan fingerprint density at radius 2 is 1.79 bits per heavy atom. The lowest BCUT2D eigenvalue weighted by Crippen LogP contribution is -2.46. The van der Waals surface area contributed by atoms with Crippen molar-refractivity contribution in [2.45, 2.75) is 13.8 Å². The average molecular weight is 383 g/mol. The molecule has 0 bridgehead atoms. The number of amides is 1. The Morgan fingerprint density at radius 1 is 1.04 bits per heavy atom. The Labute approximate surface area is 167 Å². The van der Waals surface area contributed by atoms with E-state index in [0.717, 1.165) is 44.0 Å². The van der Waals surface area contributed by atoms with Crippen LogP contribution >= 0.6 is 0 Å². The minimum Gasteiger partial charge on any atom is -0.497 e. The average Bonchev–Trinajstić information content (AvgIpc) is 2.74. The van der Waals surface area contributed by atoms with Gasteiger partial charge in [0.15, 0.2) is 0 Å². The molecule has 0 unspecified atom stereocenters. The SMILES string of the molecule is CCN1CCN(c2ccc(NC(=O)c3ccc(OC)cc3OC)c(C)c2)CC1. The third-order valence-electron chi connectivity index (χ3n) is 5.30. The molecule has 0 saturated carbocycles. The summed E-state index contributed by atoms with van der Waals surface area (Å²) in [5, 5.41) is 3.00. The summed E-state index contributed by atoms with van der Waals surface area (Å²) >= 11 is 0. The highest BCUT2D eigenvalue weighted by Gasteiger charge is 2.18. The monoisotopic (exact) mass is 383 g/mol. The van der Waals surface area contributed by atoms with Crippen molar-refractivity contribution in [1.82, 2.24) is 4.90 Å². The first-order valence-electron chi connectivity index (χ1n) is 9.67. The first-order chi connectivity index (χ1) is 13.5. The van der Waals surface area contributed by atoms with Crippen LogP contribution < -0.4 is 19.7 Å². The summed E-state index contributed by atoms with van der Waals surface area (Å²) in [6, 6.07) is 11.4. The second-order valence-electron chi connectivity index (χ2n) is 6.94. The summed E-state index contributed by atoms with van der Waals surface area (Å²) in [4.78, 5) is 17.6. The van der Waals surface area contributed by atoms with Gasteiger partial charge in [-0.1, -0.05) is 6.92 Å². The Kier molecular flexibility index (Phi) is 6.41. The fourth-order valence-electron chi connectivity index (χ4n) is 3.48. The lowest BCUT2D eigenvalue weighted by molar-refractivity contribution is 0.102. The quantitative estimate of drug-likeness (QED) is 0.829. The number of hydrogen-bond donors (Lipinski definition) is 1. The van der Waals surface area contributed by atoms with Gasteiger partial charge in [-0.25, -0.2) is 0 Å². The molecule has 1 amide bonds. The van der Waals surface area contributed by atoms with E-state index < -0.39 is 0 Å². The van der Waals surface area contributed by atoms with Crippen molar-refractivity contribution in [3.8, 4) is 11.5 Å². The highest BCUT2D eigenvalue weighted by atomic mass is 16.5. The number of methoxy groups -OCH3 is 2. The number of aryl methyl sites for hydroxylation is 1. The van der Waals surface area contributed by atoms with Crippen molar-refractivity contribution in [2.24, 2.45) is 0 Å². The number of carbonyl (C=O) groups is 1. The largest absolute Gasteiger partial charge is 0.497 e. The maximum absolute atomic E-state index is 12.8. The molecular weight excluding hydrogens is 354 g/mol. The van der Waals surface area contributed by atoms with Crippen LogP contribution in [0.2, 0.25) is 0 Å². The van der Waals surface area contributed by atoms with Crippen LogP contribution in [0.4, 0.5) is 11.4 Å². The molecule has 2 aromatic carbocycles. The van der Waals surface area contributed by atoms with Crippen LogP contribution in [0.15, 0.2) is 36.4 Å². The van der Waals surface area contributed by atoms with Crippen LogP contribution in [0.3, 0.4) is 0 Å². The van der Waals surface area contributed by atoms with Crippen LogP contribution in [0.5, 0.6) is 11.5 Å². The number of anilines is 2. The third-order valence-corrected chi connectivity index (χ3v) is 5.30. The summed E-state index contributed by atoms with van der Waals surface area (Å²) in [6.07, 6.45) is 0. The van der Waals surface area contributed by atoms with E-state index in [2.05, 4.69) is 34.2 Å². The smallest absolute Gasteiger partial charge is 0.259 e. The maximum atomic E-state index is 12.8. The number of nitrogens with zero attached hydrogens (tertiary/aromatic N) is 2. The lowest BCUT2D eigenvalue weighted by atomic mass is 10.1. The van der Waals surface area contributed by atoms with Crippen molar-refractivity contribution in [3.05, 3.63) is 47.5 Å². The van der Waals surface area contributed by atoms with Crippen molar-refractivity contribution in [2.75, 3.05) is 57.2 Å². The van der Waals surface area contributed by atoms with Crippen molar-refractivity contribution in [3.63, 3.8) is 0 Å². The molecule has 3 rings (SSSR count). The predicted octanol–water partition coefficient (Wildman–Crippen LogP) is 3.41. The van der Waals surface area contributed by atoms with E-state index in [1.807, 2.05) is 13.0 Å². The number of hydrogen-bond acceptors (Lipinski definition) is 5. The summed E-state index contributed by atoms with van der Waals surface area (Å²) in [5.41, 5.74) is 3.52. The van der Waals surface area contributed by atoms with Gasteiger partial charge in [0.2, 0.25) is 0 Å². The summed E-state index contributed by atoms with van der Waals surface area (Å²) in [5.74, 6) is 0.934. The van der Waals surface area contributed by atoms with Gasteiger partial charge in [-0.05, 0) is 49.4 Å². The van der Waals surface area contributed by atoms with E-state index in [4.69, 9.17) is 9.47 Å². The van der Waals surface area contributed by atoms with Gasteiger partial charge in [0.1, 0.15) is 11.5 Å². The molecule has 28 heavy (non-hydrogen) atoms. The Bertz CT molecular complexity index is 830. The number of ether oxygens (including phenoxy) is 2. The van der Waals surface area contributed by atoms with Gasteiger partial charge in [0.25, 0.3) is 5.91 Å². The molecule has 2 aromatic rings. The summed E-state index contributed by atoms with van der Waals surface area (Å²) < 4.78 is 10.5. The standard InChI is InChI=1S/C22H29N3O3/c1-5-24-10-12-25(13-11-24)17-6-9-20(16(2)14-17)23-22(26)19-8-7-18(27-3)15-21(19)28-4/h6-9,14-15H,5,10-13H2,1-4H3,(H,23,26). The highest BCUT2D eigenvalue weighted by molar-refractivity contribution is 6.06. The molecule has 1 N–H and O–H groups in total. The molecule has 1 heterocycles. The van der Waals surface area contributed by atoms with Crippen molar-refractivity contribution in [1.29, 1.82) is 0 Å². The number of piperazine rings is 1. The Hall–Kier alpha value is -2.73. The van der Waals surface area contributed by atoms with Crippen LogP contribution in [0.1, 0.15) is 22.8 Å². The maximum Gasteiger partial charge on any atom is 0.259 e. The fourth-order valence-corrected chi connectivity index (χ4v) is 3.48. The minimum absolute atomic E-state index is 0.202. The fraction of sp³-hybridized carbons (Fsp3) is 0.409. The normalized spacial score (nSPS) is 14.6. The summed E-state index contributed by atoms with van der Waals surface area (Å²) in [7, 11) is 3.13. The van der Waals surface area contributed by atoms with Gasteiger partial charge in [-0.2, -0.15) is 0 Å². The molecule has 0 atom stereocenters. The van der Waals surface area contributed by atoms with Gasteiger partial charge in [0.05, 0.1) is 19.8 Å². The second kappa shape index (κ2) is 8.97. The Morgan fingerprint density at radius 3 is 2.39 bits per heavy atom. The lowest BCUT2D eigenvalue weighted by Gasteiger charge is -2.35. The van der Waals surface area contributed by atoms with Gasteiger partial charge in [-0.15, -0.1) is 0 Å². The first-order valence-corrected chi connectivity index (χ1v) is 9.67. The van der Waals surface area contributed by atoms with E-state index >= 15 is 0 Å². The Balaban J connectivity index is 1.72. The molecule has 0 radical (unpaired) electrons. The molecular formula is C22H29N3O3. The van der Waals surface area contributed by atoms with Gasteiger partial charge < -0.3 is 24.6 Å². The number of rotatable bonds is 6. The van der Waals surface area contributed by atoms with Crippen LogP contribution in [-0.2, 0) is 0 Å². The summed E-state index contributed by atoms with van der Waals surface area (Å²) in [6.45, 7) is 9.56. The molecule has 150 valence electrons. The molecule has 6 heteroatoms. The molecule has 1 aliphatic rings. The van der Waals surface area contributed by atoms with E-state index in [1.54, 1.807) is 32.4 Å². The molecule has 6 nitrogen and oxygen atoms in total. The molecule has 0 aliphatic carbocycles. The zero-order valence-corrected chi connectivity index (χ0v) is 17.1. The zero-order valence-electron chi connectivity index (χ0n) is 17.1. The predicted molar refractivity (Wildman–Crippen MR) is 113 cm³/mol. The number of nitrogens with one attached hydrogen (secondary N) is 1. The van der Waals surface area contributed by atoms with Gasteiger partial charge in [-0.3, -0.25) is 4.79 Å². The van der Waals surface area contributed by atoms with Gasteiger partial charge in [0, 0.05) is 43.6 Å². The van der Waals surface area contributed by atoms with E-state index in [0.29, 0.717) is 17.1 Å². The number of likely N-dealkylation sites (N-methyl/N-ethyl adjacent to an activating group) is 1. The molecule has 1 fully saturated rings. The van der Waals surface area contributed by atoms with E-state index in [-0.39, 0.29) is 5.91 Å². The zero-order chi connectivity index (χ0) is 20.1. The first kappa shape index (κ1) is 20.0. The van der Waals surface area contributed by atoms with Gasteiger partial charge >= 0.3 is 0 Å². The topological polar surface area (TPSA) is 54.0 Å². The van der Waals surface area contributed by atoms with E-state index in [1.165, 1.54) is 5.69 Å². The molecule has 1 saturated heterocycles. The molecule has 0 aromatic heterocycles. The van der Waals surface area contributed by atoms with Crippen molar-refractivity contribution < 1.29 is 14.3 Å². The third kappa shape index (κ3) is 4.39. The van der Waals surface area contributed by atoms with E-state index in [9.17, 15) is 4.79 Å². The number of carbonyl (C=O) groups excluding carboxylic acids is 1. The minimum atomic E-state index is -0.202. The van der Waals surface area contributed by atoms with Crippen LogP contribution in [0, 0.1) is 6.92 Å². The highest BCUT2D eigenvalue weighted by Crippen LogP contribution is 2.27. The second-order valence-corrected chi connectivity index (χ2v) is 6.94. The van der Waals surface area contributed by atoms with Crippen molar-refractivity contribution >= 4 is 17.3 Å². The van der Waals surface area contributed by atoms with Crippen LogP contribution in [-0.4, -0.2) is 57.8 Å². The number of benzene rings is 2. The molecule has 1 aliphatic heterocycles. The molecule has 0 spiro atoms.